The minimum absolute atomic E-state index is 0.0845. The number of anilines is 1. The number of hydrogen-bond acceptors (Lipinski definition) is 4. The van der Waals surface area contributed by atoms with Crippen LogP contribution in [-0.2, 0) is 4.74 Å². The van der Waals surface area contributed by atoms with Crippen LogP contribution in [0.3, 0.4) is 0 Å². The maximum Gasteiger partial charge on any atom is 0.411 e. The lowest BCUT2D eigenvalue weighted by Gasteiger charge is -2.34. The van der Waals surface area contributed by atoms with E-state index in [2.05, 4.69) is 19.9 Å². The molecule has 0 saturated carbocycles. The molecular weight excluding hydrogens is 325 g/mol. The van der Waals surface area contributed by atoms with Crippen LogP contribution < -0.4 is 5.32 Å². The molecule has 2 heterocycles. The Morgan fingerprint density at radius 3 is 2.67 bits per heavy atom. The zero-order chi connectivity index (χ0) is 17.4. The van der Waals surface area contributed by atoms with Gasteiger partial charge in [-0.3, -0.25) is 9.88 Å². The van der Waals surface area contributed by atoms with Crippen LogP contribution in [0.15, 0.2) is 24.5 Å². The lowest BCUT2D eigenvalue weighted by Crippen LogP contribution is -2.50. The van der Waals surface area contributed by atoms with Crippen molar-refractivity contribution < 1.29 is 22.7 Å². The highest BCUT2D eigenvalue weighted by Gasteiger charge is 2.27. The molecule has 0 spiro atoms. The van der Waals surface area contributed by atoms with Crippen molar-refractivity contribution in [3.63, 3.8) is 0 Å². The highest BCUT2D eigenvalue weighted by atomic mass is 19.4. The molecule has 0 aromatic carbocycles. The Hall–Kier alpha value is -1.87. The molecule has 0 aliphatic carbocycles. The van der Waals surface area contributed by atoms with Crippen LogP contribution in [0.25, 0.3) is 0 Å². The predicted molar refractivity (Wildman–Crippen MR) is 82.8 cm³/mol. The zero-order valence-electron chi connectivity index (χ0n) is 13.3. The van der Waals surface area contributed by atoms with Crippen molar-refractivity contribution in [2.75, 3.05) is 51.3 Å². The van der Waals surface area contributed by atoms with E-state index in [0.717, 1.165) is 0 Å². The summed E-state index contributed by atoms with van der Waals surface area (Å²) in [6.07, 6.45) is -0.521. The van der Waals surface area contributed by atoms with Gasteiger partial charge in [0.05, 0.1) is 11.9 Å². The number of alkyl halides is 3. The number of ether oxygens (including phenoxy) is 1. The van der Waals surface area contributed by atoms with Gasteiger partial charge in [-0.15, -0.1) is 0 Å². The first-order valence-electron chi connectivity index (χ1n) is 7.77. The maximum absolute atomic E-state index is 12.1. The second-order valence-electron chi connectivity index (χ2n) is 5.52. The number of carbonyl (C=O) groups excluding carboxylic acids is 1. The number of halogens is 3. The van der Waals surface area contributed by atoms with Gasteiger partial charge in [0, 0.05) is 45.5 Å². The fourth-order valence-electron chi connectivity index (χ4n) is 2.39. The van der Waals surface area contributed by atoms with Gasteiger partial charge in [0.2, 0.25) is 0 Å². The number of urea groups is 1. The summed E-state index contributed by atoms with van der Waals surface area (Å²) >= 11 is 0. The van der Waals surface area contributed by atoms with Crippen LogP contribution >= 0.6 is 0 Å². The number of amides is 2. The molecule has 1 N–H and O–H groups in total. The van der Waals surface area contributed by atoms with Crippen molar-refractivity contribution in [3.8, 4) is 0 Å². The molecule has 0 atom stereocenters. The predicted octanol–water partition coefficient (Wildman–Crippen LogP) is 2.20. The highest BCUT2D eigenvalue weighted by molar-refractivity contribution is 5.89. The Balaban J connectivity index is 1.60. The van der Waals surface area contributed by atoms with Crippen molar-refractivity contribution in [1.29, 1.82) is 0 Å². The highest BCUT2D eigenvalue weighted by Crippen LogP contribution is 2.14. The molecule has 1 saturated heterocycles. The normalized spacial score (nSPS) is 16.2. The van der Waals surface area contributed by atoms with Gasteiger partial charge in [0.15, 0.2) is 0 Å². The lowest BCUT2D eigenvalue weighted by molar-refractivity contribution is -0.174. The number of rotatable bonds is 6. The molecule has 134 valence electrons. The molecule has 0 bridgehead atoms. The average Bonchev–Trinajstić information content (AvgIpc) is 2.55. The molecular formula is C15H21F3N4O2. The molecule has 1 aromatic heterocycles. The van der Waals surface area contributed by atoms with Gasteiger partial charge in [0.25, 0.3) is 0 Å². The SMILES string of the molecule is O=C(Nc1cccnc1)N1CCN(CCCOCC(F)(F)F)CC1. The van der Waals surface area contributed by atoms with Crippen LogP contribution in [-0.4, -0.2) is 72.9 Å². The van der Waals surface area contributed by atoms with Crippen molar-refractivity contribution in [3.05, 3.63) is 24.5 Å². The van der Waals surface area contributed by atoms with Crippen molar-refractivity contribution in [2.45, 2.75) is 12.6 Å². The van der Waals surface area contributed by atoms with Crippen LogP contribution in [0, 0.1) is 0 Å². The van der Waals surface area contributed by atoms with E-state index in [1.807, 2.05) is 0 Å². The summed E-state index contributed by atoms with van der Waals surface area (Å²) < 4.78 is 40.4. The minimum Gasteiger partial charge on any atom is -0.372 e. The van der Waals surface area contributed by atoms with Gasteiger partial charge >= 0.3 is 12.2 Å². The third-order valence-electron chi connectivity index (χ3n) is 3.60. The fourth-order valence-corrected chi connectivity index (χ4v) is 2.39. The molecule has 6 nitrogen and oxygen atoms in total. The van der Waals surface area contributed by atoms with Crippen molar-refractivity contribution >= 4 is 11.7 Å². The number of aromatic nitrogens is 1. The van der Waals surface area contributed by atoms with E-state index in [-0.39, 0.29) is 12.6 Å². The first-order chi connectivity index (χ1) is 11.4. The Labute approximate surface area is 138 Å². The number of piperazine rings is 1. The third-order valence-corrected chi connectivity index (χ3v) is 3.60. The summed E-state index contributed by atoms with van der Waals surface area (Å²) in [5.74, 6) is 0. The quantitative estimate of drug-likeness (QED) is 0.803. The van der Waals surface area contributed by atoms with Gasteiger partial charge in [-0.1, -0.05) is 0 Å². The summed E-state index contributed by atoms with van der Waals surface area (Å²) in [7, 11) is 0. The van der Waals surface area contributed by atoms with Crippen LogP contribution in [0.5, 0.6) is 0 Å². The zero-order valence-corrected chi connectivity index (χ0v) is 13.3. The number of hydrogen-bond donors (Lipinski definition) is 1. The lowest BCUT2D eigenvalue weighted by atomic mass is 10.3. The molecule has 24 heavy (non-hydrogen) atoms. The Morgan fingerprint density at radius 2 is 2.04 bits per heavy atom. The molecule has 2 rings (SSSR count). The van der Waals surface area contributed by atoms with E-state index in [0.29, 0.717) is 44.8 Å². The monoisotopic (exact) mass is 346 g/mol. The van der Waals surface area contributed by atoms with Crippen molar-refractivity contribution in [1.82, 2.24) is 14.8 Å². The van der Waals surface area contributed by atoms with Gasteiger partial charge in [0.1, 0.15) is 6.61 Å². The average molecular weight is 346 g/mol. The van der Waals surface area contributed by atoms with Gasteiger partial charge in [-0.25, -0.2) is 4.79 Å². The molecule has 1 fully saturated rings. The van der Waals surface area contributed by atoms with Crippen molar-refractivity contribution in [2.24, 2.45) is 0 Å². The minimum atomic E-state index is -4.27. The van der Waals surface area contributed by atoms with Crippen LogP contribution in [0.2, 0.25) is 0 Å². The van der Waals surface area contributed by atoms with Gasteiger partial charge in [-0.2, -0.15) is 13.2 Å². The van der Waals surface area contributed by atoms with E-state index >= 15 is 0 Å². The summed E-state index contributed by atoms with van der Waals surface area (Å²) in [6, 6.07) is 3.34. The van der Waals surface area contributed by atoms with Gasteiger partial charge < -0.3 is 15.0 Å². The molecule has 0 unspecified atom stereocenters. The maximum atomic E-state index is 12.1. The number of carbonyl (C=O) groups is 1. The number of nitrogens with one attached hydrogen (secondary N) is 1. The molecule has 2 amide bonds. The van der Waals surface area contributed by atoms with E-state index in [1.54, 1.807) is 29.4 Å². The summed E-state index contributed by atoms with van der Waals surface area (Å²) in [4.78, 5) is 19.9. The number of nitrogens with zero attached hydrogens (tertiary/aromatic N) is 3. The number of pyridine rings is 1. The first kappa shape index (κ1) is 18.5. The molecule has 1 aromatic rings. The summed E-state index contributed by atoms with van der Waals surface area (Å²) in [5.41, 5.74) is 0.645. The Morgan fingerprint density at radius 1 is 1.29 bits per heavy atom. The summed E-state index contributed by atoms with van der Waals surface area (Å²) in [6.45, 7) is 2.09. The molecule has 1 aliphatic heterocycles. The molecule has 9 heteroatoms. The van der Waals surface area contributed by atoms with E-state index in [1.165, 1.54) is 0 Å². The van der Waals surface area contributed by atoms with Crippen LogP contribution in [0.1, 0.15) is 6.42 Å². The standard InChI is InChI=1S/C15H21F3N4O2/c16-15(17,18)12-24-10-2-5-21-6-8-22(9-7-21)14(23)20-13-3-1-4-19-11-13/h1,3-4,11H,2,5-10,12H2,(H,20,23). The van der Waals surface area contributed by atoms with Gasteiger partial charge in [-0.05, 0) is 18.6 Å². The second kappa shape index (κ2) is 8.84. The first-order valence-corrected chi connectivity index (χ1v) is 7.77. The topological polar surface area (TPSA) is 57.7 Å². The summed E-state index contributed by atoms with van der Waals surface area (Å²) in [5, 5.41) is 2.78. The van der Waals surface area contributed by atoms with Crippen LogP contribution in [0.4, 0.5) is 23.7 Å². The van der Waals surface area contributed by atoms with E-state index in [4.69, 9.17) is 0 Å². The van der Waals surface area contributed by atoms with E-state index in [9.17, 15) is 18.0 Å². The Bertz CT molecular complexity index is 505. The smallest absolute Gasteiger partial charge is 0.372 e. The van der Waals surface area contributed by atoms with E-state index < -0.39 is 12.8 Å². The fraction of sp³-hybridized carbons (Fsp3) is 0.600. The largest absolute Gasteiger partial charge is 0.411 e. The molecule has 0 radical (unpaired) electrons. The second-order valence-corrected chi connectivity index (χ2v) is 5.52. The third kappa shape index (κ3) is 6.71. The Kier molecular flexibility index (Phi) is 6.80. The molecule has 1 aliphatic rings.